The van der Waals surface area contributed by atoms with Gasteiger partial charge in [-0.05, 0) is 43.2 Å². The van der Waals surface area contributed by atoms with Gasteiger partial charge in [0.25, 0.3) is 5.91 Å². The van der Waals surface area contributed by atoms with E-state index in [4.69, 9.17) is 11.6 Å². The zero-order chi connectivity index (χ0) is 21.1. The molecule has 1 aliphatic rings. The van der Waals surface area contributed by atoms with Crippen molar-refractivity contribution in [3.05, 3.63) is 69.4 Å². The van der Waals surface area contributed by atoms with E-state index in [1.54, 1.807) is 35.2 Å². The maximum atomic E-state index is 13.3. The SMILES string of the molecule is O=C(Nc1cccc(F)c1)c1nnc([C@H]2CCCN2C(=O)Nc2ccccc2Cl)s1. The van der Waals surface area contributed by atoms with Gasteiger partial charge in [-0.25, -0.2) is 9.18 Å². The number of halogens is 2. The van der Waals surface area contributed by atoms with Crippen LogP contribution in [0.3, 0.4) is 0 Å². The van der Waals surface area contributed by atoms with Crippen LogP contribution in [0.4, 0.5) is 20.6 Å². The third-order valence-electron chi connectivity index (χ3n) is 4.63. The van der Waals surface area contributed by atoms with Crippen molar-refractivity contribution < 1.29 is 14.0 Å². The first-order chi connectivity index (χ1) is 14.5. The number of carbonyl (C=O) groups excluding carboxylic acids is 2. The molecule has 2 N–H and O–H groups in total. The van der Waals surface area contributed by atoms with Gasteiger partial charge >= 0.3 is 6.03 Å². The number of amides is 3. The fourth-order valence-corrected chi connectivity index (χ4v) is 4.30. The van der Waals surface area contributed by atoms with E-state index in [0.717, 1.165) is 24.2 Å². The van der Waals surface area contributed by atoms with Gasteiger partial charge in [-0.3, -0.25) is 4.79 Å². The molecule has 154 valence electrons. The van der Waals surface area contributed by atoms with Crippen LogP contribution in [-0.4, -0.2) is 33.6 Å². The molecule has 0 unspecified atom stereocenters. The molecule has 1 atom stereocenters. The number of para-hydroxylation sites is 1. The van der Waals surface area contributed by atoms with Crippen molar-refractivity contribution in [2.24, 2.45) is 0 Å². The minimum Gasteiger partial charge on any atom is -0.320 e. The van der Waals surface area contributed by atoms with Crippen molar-refractivity contribution in [1.29, 1.82) is 0 Å². The van der Waals surface area contributed by atoms with Crippen molar-refractivity contribution in [3.63, 3.8) is 0 Å². The highest BCUT2D eigenvalue weighted by atomic mass is 35.5. The molecule has 0 spiro atoms. The second kappa shape index (κ2) is 8.76. The monoisotopic (exact) mass is 445 g/mol. The summed E-state index contributed by atoms with van der Waals surface area (Å²) in [6.45, 7) is 0.561. The van der Waals surface area contributed by atoms with Crippen LogP contribution in [0.5, 0.6) is 0 Å². The molecule has 10 heteroatoms. The molecule has 0 bridgehead atoms. The molecule has 1 saturated heterocycles. The average molecular weight is 446 g/mol. The summed E-state index contributed by atoms with van der Waals surface area (Å²) in [5.74, 6) is -0.925. The van der Waals surface area contributed by atoms with Crippen molar-refractivity contribution in [3.8, 4) is 0 Å². The Morgan fingerprint density at radius 2 is 1.97 bits per heavy atom. The molecule has 2 heterocycles. The normalized spacial score (nSPS) is 15.8. The summed E-state index contributed by atoms with van der Waals surface area (Å²) >= 11 is 7.24. The summed E-state index contributed by atoms with van der Waals surface area (Å²) in [7, 11) is 0. The minimum atomic E-state index is -0.477. The Hall–Kier alpha value is -3.04. The smallest absolute Gasteiger partial charge is 0.320 e. The van der Waals surface area contributed by atoms with Gasteiger partial charge in [0, 0.05) is 12.2 Å². The molecule has 3 amide bonds. The van der Waals surface area contributed by atoms with Crippen molar-refractivity contribution >= 4 is 46.3 Å². The van der Waals surface area contributed by atoms with E-state index >= 15 is 0 Å². The molecule has 1 fully saturated rings. The van der Waals surface area contributed by atoms with E-state index in [9.17, 15) is 14.0 Å². The van der Waals surface area contributed by atoms with Gasteiger partial charge in [0.15, 0.2) is 0 Å². The van der Waals surface area contributed by atoms with Gasteiger partial charge < -0.3 is 15.5 Å². The number of benzene rings is 2. The first-order valence-electron chi connectivity index (χ1n) is 9.24. The van der Waals surface area contributed by atoms with Crippen molar-refractivity contribution in [1.82, 2.24) is 15.1 Å². The number of rotatable bonds is 4. The number of urea groups is 1. The highest BCUT2D eigenvalue weighted by Crippen LogP contribution is 2.34. The lowest BCUT2D eigenvalue weighted by Crippen LogP contribution is -2.34. The van der Waals surface area contributed by atoms with Crippen LogP contribution in [0.2, 0.25) is 5.02 Å². The summed E-state index contributed by atoms with van der Waals surface area (Å²) in [5, 5.41) is 14.7. The predicted molar refractivity (Wildman–Crippen MR) is 113 cm³/mol. The number of anilines is 2. The first-order valence-corrected chi connectivity index (χ1v) is 10.4. The molecule has 7 nitrogen and oxygen atoms in total. The topological polar surface area (TPSA) is 87.2 Å². The van der Waals surface area contributed by atoms with Crippen molar-refractivity contribution in [2.75, 3.05) is 17.2 Å². The Morgan fingerprint density at radius 3 is 2.77 bits per heavy atom. The number of likely N-dealkylation sites (tertiary alicyclic amines) is 1. The second-order valence-electron chi connectivity index (χ2n) is 6.67. The van der Waals surface area contributed by atoms with E-state index in [1.165, 1.54) is 18.2 Å². The van der Waals surface area contributed by atoms with E-state index < -0.39 is 11.7 Å². The molecule has 2 aromatic carbocycles. The van der Waals surface area contributed by atoms with Crippen LogP contribution in [-0.2, 0) is 0 Å². The van der Waals surface area contributed by atoms with E-state index in [1.807, 2.05) is 0 Å². The van der Waals surface area contributed by atoms with E-state index in [-0.39, 0.29) is 17.1 Å². The van der Waals surface area contributed by atoms with E-state index in [0.29, 0.717) is 27.9 Å². The number of hydrogen-bond acceptors (Lipinski definition) is 5. The van der Waals surface area contributed by atoms with Gasteiger partial charge in [-0.2, -0.15) is 0 Å². The van der Waals surface area contributed by atoms with Gasteiger partial charge in [-0.1, -0.05) is 41.1 Å². The maximum absolute atomic E-state index is 13.3. The Balaban J connectivity index is 1.46. The molecular weight excluding hydrogens is 429 g/mol. The van der Waals surface area contributed by atoms with Crippen LogP contribution in [0.25, 0.3) is 0 Å². The highest BCUT2D eigenvalue weighted by molar-refractivity contribution is 7.13. The Bertz CT molecular complexity index is 1090. The molecule has 0 radical (unpaired) electrons. The number of nitrogens with one attached hydrogen (secondary N) is 2. The molecule has 0 aliphatic carbocycles. The Kier molecular flexibility index (Phi) is 5.91. The Morgan fingerprint density at radius 1 is 1.13 bits per heavy atom. The van der Waals surface area contributed by atoms with Crippen LogP contribution >= 0.6 is 22.9 Å². The fraction of sp³-hybridized carbons (Fsp3) is 0.200. The lowest BCUT2D eigenvalue weighted by atomic mass is 10.2. The van der Waals surface area contributed by atoms with Gasteiger partial charge in [0.05, 0.1) is 16.8 Å². The summed E-state index contributed by atoms with van der Waals surface area (Å²) in [6.07, 6.45) is 1.53. The zero-order valence-corrected chi connectivity index (χ0v) is 17.2. The predicted octanol–water partition coefficient (Wildman–Crippen LogP) is 4.95. The number of aromatic nitrogens is 2. The number of hydrogen-bond donors (Lipinski definition) is 2. The van der Waals surface area contributed by atoms with E-state index in [2.05, 4.69) is 20.8 Å². The molecule has 0 saturated carbocycles. The summed E-state index contributed by atoms with van der Waals surface area (Å²) in [6, 6.07) is 12.0. The van der Waals surface area contributed by atoms with Crippen LogP contribution in [0.1, 0.15) is 33.7 Å². The third-order valence-corrected chi connectivity index (χ3v) is 5.98. The molecular formula is C20H17ClFN5O2S. The van der Waals surface area contributed by atoms with Gasteiger partial charge in [-0.15, -0.1) is 10.2 Å². The lowest BCUT2D eigenvalue weighted by Gasteiger charge is -2.23. The van der Waals surface area contributed by atoms with Gasteiger partial charge in [0.2, 0.25) is 5.01 Å². The molecule has 4 rings (SSSR count). The summed E-state index contributed by atoms with van der Waals surface area (Å²) in [4.78, 5) is 26.8. The standard InChI is InChI=1S/C20H17ClFN5O2S/c21-14-7-1-2-8-15(14)24-20(29)27-10-4-9-16(27)18-25-26-19(30-18)17(28)23-13-6-3-5-12(22)11-13/h1-3,5-8,11,16H,4,9-10H2,(H,23,28)(H,24,29)/t16-/m1/s1. The maximum Gasteiger partial charge on any atom is 0.322 e. The number of nitrogens with zero attached hydrogens (tertiary/aromatic N) is 3. The quantitative estimate of drug-likeness (QED) is 0.594. The Labute approximate surface area is 180 Å². The minimum absolute atomic E-state index is 0.146. The zero-order valence-electron chi connectivity index (χ0n) is 15.6. The van der Waals surface area contributed by atoms with Crippen LogP contribution in [0, 0.1) is 5.82 Å². The summed E-state index contributed by atoms with van der Waals surface area (Å²) < 4.78 is 13.3. The average Bonchev–Trinajstić information content (AvgIpc) is 3.39. The molecule has 1 aromatic heterocycles. The molecule has 30 heavy (non-hydrogen) atoms. The summed E-state index contributed by atoms with van der Waals surface area (Å²) in [5.41, 5.74) is 0.862. The molecule has 1 aliphatic heterocycles. The second-order valence-corrected chi connectivity index (χ2v) is 8.09. The fourth-order valence-electron chi connectivity index (χ4n) is 3.23. The number of carbonyl (C=O) groups is 2. The van der Waals surface area contributed by atoms with Crippen LogP contribution in [0.15, 0.2) is 48.5 Å². The van der Waals surface area contributed by atoms with Crippen molar-refractivity contribution in [2.45, 2.75) is 18.9 Å². The largest absolute Gasteiger partial charge is 0.322 e. The third kappa shape index (κ3) is 4.42. The van der Waals surface area contributed by atoms with Crippen LogP contribution < -0.4 is 10.6 Å². The lowest BCUT2D eigenvalue weighted by molar-refractivity contribution is 0.102. The first kappa shape index (κ1) is 20.2. The highest BCUT2D eigenvalue weighted by Gasteiger charge is 2.33. The van der Waals surface area contributed by atoms with Gasteiger partial charge in [0.1, 0.15) is 10.8 Å². The molecule has 3 aromatic rings.